The minimum atomic E-state index is -0.558. The van der Waals surface area contributed by atoms with Crippen LogP contribution in [-0.4, -0.2) is 29.8 Å². The number of benzene rings is 2. The van der Waals surface area contributed by atoms with Gasteiger partial charge in [-0.15, -0.1) is 0 Å². The third-order valence-corrected chi connectivity index (χ3v) is 3.45. The van der Waals surface area contributed by atoms with E-state index in [1.165, 1.54) is 26.2 Å². The summed E-state index contributed by atoms with van der Waals surface area (Å²) in [7, 11) is 1.48. The first kappa shape index (κ1) is 18.2. The second kappa shape index (κ2) is 8.10. The van der Waals surface area contributed by atoms with Crippen LogP contribution in [0.3, 0.4) is 0 Å². The van der Waals surface area contributed by atoms with Crippen molar-refractivity contribution in [2.45, 2.75) is 20.3 Å². The number of nitrogens with zero attached hydrogens (tertiary/aromatic N) is 1. The molecule has 0 spiro atoms. The number of hydrogen-bond acceptors (Lipinski definition) is 5. The number of esters is 1. The van der Waals surface area contributed by atoms with Crippen molar-refractivity contribution in [3.8, 4) is 17.2 Å². The van der Waals surface area contributed by atoms with Gasteiger partial charge >= 0.3 is 5.97 Å². The standard InChI is InChI=1S/C19H19NO5/c1-4-17(13-5-7-14(8-6-13)25-12(2)21)20-19(23)16-11-15(24-3)9-10-18(16)22/h5-11,22H,4H2,1-3H3. The monoisotopic (exact) mass is 341 g/mol. The molecule has 0 aliphatic heterocycles. The van der Waals surface area contributed by atoms with Crippen LogP contribution in [0.5, 0.6) is 17.2 Å². The fourth-order valence-electron chi connectivity index (χ4n) is 2.23. The number of rotatable bonds is 5. The molecule has 0 aliphatic carbocycles. The van der Waals surface area contributed by atoms with Crippen LogP contribution in [0.1, 0.15) is 36.2 Å². The number of methoxy groups -OCH3 is 1. The van der Waals surface area contributed by atoms with Gasteiger partial charge in [0.25, 0.3) is 5.91 Å². The molecule has 0 heterocycles. The van der Waals surface area contributed by atoms with E-state index >= 15 is 0 Å². The van der Waals surface area contributed by atoms with Crippen LogP contribution in [-0.2, 0) is 4.79 Å². The summed E-state index contributed by atoms with van der Waals surface area (Å²) < 4.78 is 10.0. The summed E-state index contributed by atoms with van der Waals surface area (Å²) in [6.07, 6.45) is 0.517. The normalized spacial score (nSPS) is 11.1. The Balaban J connectivity index is 2.30. The quantitative estimate of drug-likeness (QED) is 0.512. The van der Waals surface area contributed by atoms with Gasteiger partial charge in [0.1, 0.15) is 17.2 Å². The highest BCUT2D eigenvalue weighted by Crippen LogP contribution is 2.24. The zero-order valence-corrected chi connectivity index (χ0v) is 14.3. The number of amides is 1. The molecule has 0 fully saturated rings. The van der Waals surface area contributed by atoms with Crippen LogP contribution in [0.15, 0.2) is 47.5 Å². The largest absolute Gasteiger partial charge is 0.507 e. The lowest BCUT2D eigenvalue weighted by molar-refractivity contribution is -0.131. The van der Waals surface area contributed by atoms with E-state index in [0.717, 1.165) is 5.56 Å². The Morgan fingerprint density at radius 3 is 2.28 bits per heavy atom. The van der Waals surface area contributed by atoms with Crippen molar-refractivity contribution in [3.05, 3.63) is 53.6 Å². The van der Waals surface area contributed by atoms with Crippen LogP contribution >= 0.6 is 0 Å². The highest BCUT2D eigenvalue weighted by atomic mass is 16.5. The number of aliphatic imine (C=N–C) groups is 1. The van der Waals surface area contributed by atoms with Gasteiger partial charge in [-0.1, -0.05) is 6.92 Å². The van der Waals surface area contributed by atoms with Gasteiger partial charge < -0.3 is 14.6 Å². The fraction of sp³-hybridized carbons (Fsp3) is 0.211. The van der Waals surface area contributed by atoms with Crippen molar-refractivity contribution >= 4 is 17.6 Å². The molecule has 0 radical (unpaired) electrons. The van der Waals surface area contributed by atoms with Crippen molar-refractivity contribution in [1.29, 1.82) is 0 Å². The van der Waals surface area contributed by atoms with E-state index in [2.05, 4.69) is 4.99 Å². The van der Waals surface area contributed by atoms with E-state index in [1.54, 1.807) is 30.3 Å². The molecule has 0 saturated heterocycles. The van der Waals surface area contributed by atoms with Crippen LogP contribution in [0.4, 0.5) is 0 Å². The molecule has 0 aromatic heterocycles. The Morgan fingerprint density at radius 2 is 1.72 bits per heavy atom. The molecule has 1 amide bonds. The number of phenols is 1. The molecule has 0 unspecified atom stereocenters. The predicted molar refractivity (Wildman–Crippen MR) is 93.6 cm³/mol. The summed E-state index contributed by atoms with van der Waals surface area (Å²) in [5, 5.41) is 9.88. The average Bonchev–Trinajstić information content (AvgIpc) is 2.60. The zero-order chi connectivity index (χ0) is 18.4. The minimum Gasteiger partial charge on any atom is -0.507 e. The van der Waals surface area contributed by atoms with E-state index < -0.39 is 11.9 Å². The number of carbonyl (C=O) groups excluding carboxylic acids is 2. The maximum atomic E-state index is 12.4. The topological polar surface area (TPSA) is 85.2 Å². The van der Waals surface area contributed by atoms with Crippen LogP contribution in [0.2, 0.25) is 0 Å². The smallest absolute Gasteiger partial charge is 0.308 e. The SMILES string of the molecule is CCC(=NC(=O)c1cc(OC)ccc1O)c1ccc(OC(C)=O)cc1. The van der Waals surface area contributed by atoms with Crippen LogP contribution in [0.25, 0.3) is 0 Å². The predicted octanol–water partition coefficient (Wildman–Crippen LogP) is 3.37. The molecular formula is C19H19NO5. The highest BCUT2D eigenvalue weighted by Gasteiger charge is 2.13. The van der Waals surface area contributed by atoms with E-state index in [1.807, 2.05) is 6.92 Å². The summed E-state index contributed by atoms with van der Waals surface area (Å²) in [6, 6.07) is 11.1. The molecule has 2 aromatic carbocycles. The second-order valence-corrected chi connectivity index (χ2v) is 5.22. The van der Waals surface area contributed by atoms with Gasteiger partial charge in [0.05, 0.1) is 18.4 Å². The molecule has 0 bridgehead atoms. The Hall–Kier alpha value is -3.15. The van der Waals surface area contributed by atoms with Gasteiger partial charge in [0.15, 0.2) is 0 Å². The molecule has 0 saturated carbocycles. The third-order valence-electron chi connectivity index (χ3n) is 3.45. The highest BCUT2D eigenvalue weighted by molar-refractivity contribution is 6.11. The number of carbonyl (C=O) groups is 2. The van der Waals surface area contributed by atoms with E-state index in [-0.39, 0.29) is 11.3 Å². The molecule has 0 atom stereocenters. The van der Waals surface area contributed by atoms with Crippen molar-refractivity contribution < 1.29 is 24.2 Å². The van der Waals surface area contributed by atoms with Crippen LogP contribution < -0.4 is 9.47 Å². The molecule has 25 heavy (non-hydrogen) atoms. The van der Waals surface area contributed by atoms with Crippen molar-refractivity contribution in [1.82, 2.24) is 0 Å². The fourth-order valence-corrected chi connectivity index (χ4v) is 2.23. The van der Waals surface area contributed by atoms with E-state index in [9.17, 15) is 14.7 Å². The first-order valence-electron chi connectivity index (χ1n) is 7.72. The van der Waals surface area contributed by atoms with Crippen molar-refractivity contribution in [3.63, 3.8) is 0 Å². The molecule has 6 heteroatoms. The van der Waals surface area contributed by atoms with Gasteiger partial charge in [0, 0.05) is 6.92 Å². The zero-order valence-electron chi connectivity index (χ0n) is 14.3. The number of ether oxygens (including phenoxy) is 2. The van der Waals surface area contributed by atoms with Gasteiger partial charge in [-0.25, -0.2) is 4.99 Å². The molecule has 0 aliphatic rings. The van der Waals surface area contributed by atoms with Gasteiger partial charge in [-0.05, 0) is 54.4 Å². The molecule has 6 nitrogen and oxygen atoms in total. The Morgan fingerprint density at radius 1 is 1.08 bits per heavy atom. The second-order valence-electron chi connectivity index (χ2n) is 5.22. The van der Waals surface area contributed by atoms with E-state index in [0.29, 0.717) is 23.6 Å². The summed E-state index contributed by atoms with van der Waals surface area (Å²) >= 11 is 0. The first-order valence-corrected chi connectivity index (χ1v) is 7.72. The molecular weight excluding hydrogens is 322 g/mol. The first-order chi connectivity index (χ1) is 11.9. The lowest BCUT2D eigenvalue weighted by Crippen LogP contribution is -2.06. The number of aromatic hydroxyl groups is 1. The van der Waals surface area contributed by atoms with Gasteiger partial charge in [-0.2, -0.15) is 0 Å². The summed E-state index contributed by atoms with van der Waals surface area (Å²) in [6.45, 7) is 3.20. The van der Waals surface area contributed by atoms with Crippen LogP contribution in [0, 0.1) is 0 Å². The molecule has 1 N–H and O–H groups in total. The third kappa shape index (κ3) is 4.67. The maximum Gasteiger partial charge on any atom is 0.308 e. The molecule has 2 aromatic rings. The summed E-state index contributed by atoms with van der Waals surface area (Å²) in [5.41, 5.74) is 1.36. The lowest BCUT2D eigenvalue weighted by Gasteiger charge is -2.07. The number of phenolic OH excluding ortho intramolecular Hbond substituents is 1. The lowest BCUT2D eigenvalue weighted by atomic mass is 10.1. The Labute approximate surface area is 145 Å². The van der Waals surface area contributed by atoms with Gasteiger partial charge in [0.2, 0.25) is 0 Å². The minimum absolute atomic E-state index is 0.0711. The van der Waals surface area contributed by atoms with Crippen molar-refractivity contribution in [2.75, 3.05) is 7.11 Å². The Bertz CT molecular complexity index is 809. The molecule has 130 valence electrons. The maximum absolute atomic E-state index is 12.4. The Kier molecular flexibility index (Phi) is 5.89. The molecule has 2 rings (SSSR count). The summed E-state index contributed by atoms with van der Waals surface area (Å²) in [5.74, 6) is -0.239. The summed E-state index contributed by atoms with van der Waals surface area (Å²) in [4.78, 5) is 27.5. The van der Waals surface area contributed by atoms with E-state index in [4.69, 9.17) is 9.47 Å². The number of hydrogen-bond donors (Lipinski definition) is 1. The van der Waals surface area contributed by atoms with Gasteiger partial charge in [-0.3, -0.25) is 9.59 Å². The van der Waals surface area contributed by atoms with Crippen molar-refractivity contribution in [2.24, 2.45) is 4.99 Å². The average molecular weight is 341 g/mol.